The van der Waals surface area contributed by atoms with Crippen LogP contribution in [0.2, 0.25) is 0 Å². The normalized spacial score (nSPS) is 14.4. The van der Waals surface area contributed by atoms with Crippen LogP contribution < -0.4 is 10.6 Å². The number of guanidine groups is 1. The Bertz CT molecular complexity index is 652. The Kier molecular flexibility index (Phi) is 8.66. The smallest absolute Gasteiger partial charge is 0.191 e. The second-order valence-corrected chi connectivity index (χ2v) is 6.98. The maximum absolute atomic E-state index is 4.64. The van der Waals surface area contributed by atoms with E-state index in [2.05, 4.69) is 54.8 Å². The van der Waals surface area contributed by atoms with E-state index in [1.807, 2.05) is 0 Å². The van der Waals surface area contributed by atoms with E-state index in [1.165, 1.54) is 24.1 Å². The lowest BCUT2D eigenvalue weighted by Crippen LogP contribution is -2.38. The van der Waals surface area contributed by atoms with Crippen LogP contribution in [-0.2, 0) is 25.9 Å². The number of nitrogens with one attached hydrogen (secondary N) is 2. The summed E-state index contributed by atoms with van der Waals surface area (Å²) in [4.78, 5) is 5.91. The monoisotopic (exact) mass is 474 g/mol. The Hall–Kier alpha value is -1.16. The van der Waals surface area contributed by atoms with Crippen molar-refractivity contribution in [3.05, 3.63) is 34.0 Å². The number of fused-ring (bicyclic) bond motifs is 1. The molecule has 0 amide bonds. The summed E-state index contributed by atoms with van der Waals surface area (Å²) in [5, 5.41) is 17.5. The van der Waals surface area contributed by atoms with Crippen molar-refractivity contribution >= 4 is 41.3 Å². The van der Waals surface area contributed by atoms with E-state index in [4.69, 9.17) is 0 Å². The van der Waals surface area contributed by atoms with Crippen molar-refractivity contribution in [2.75, 3.05) is 13.1 Å². The molecule has 0 aromatic carbocycles. The molecule has 25 heavy (non-hydrogen) atoms. The van der Waals surface area contributed by atoms with Crippen molar-refractivity contribution in [1.29, 1.82) is 0 Å². The molecule has 1 aliphatic heterocycles. The van der Waals surface area contributed by atoms with Gasteiger partial charge in [0.05, 0.1) is 6.54 Å². The molecule has 0 atom stereocenters. The third-order valence-electron chi connectivity index (χ3n) is 4.14. The third-order valence-corrected chi connectivity index (χ3v) is 5.01. The summed E-state index contributed by atoms with van der Waals surface area (Å²) < 4.78 is 2.31. The van der Waals surface area contributed by atoms with Gasteiger partial charge in [-0.25, -0.2) is 4.99 Å². The second kappa shape index (κ2) is 10.7. The molecule has 2 aromatic heterocycles. The molecule has 0 saturated carbocycles. The maximum atomic E-state index is 4.64. The van der Waals surface area contributed by atoms with E-state index in [0.29, 0.717) is 6.54 Å². The zero-order chi connectivity index (χ0) is 16.6. The molecule has 0 fully saturated rings. The summed E-state index contributed by atoms with van der Waals surface area (Å²) in [7, 11) is 0. The number of hydrogen-bond acceptors (Lipinski definition) is 4. The van der Waals surface area contributed by atoms with E-state index in [9.17, 15) is 0 Å². The van der Waals surface area contributed by atoms with E-state index < -0.39 is 0 Å². The number of aliphatic imine (C=N–C) groups is 1. The highest BCUT2D eigenvalue weighted by atomic mass is 127. The van der Waals surface area contributed by atoms with Gasteiger partial charge in [-0.15, -0.1) is 45.5 Å². The average molecular weight is 474 g/mol. The summed E-state index contributed by atoms with van der Waals surface area (Å²) in [6.07, 6.45) is 5.69. The molecule has 3 heterocycles. The zero-order valence-corrected chi connectivity index (χ0v) is 17.8. The fraction of sp³-hybridized carbons (Fsp3) is 0.588. The highest BCUT2D eigenvalue weighted by molar-refractivity contribution is 14.0. The molecule has 138 valence electrons. The van der Waals surface area contributed by atoms with Crippen molar-refractivity contribution in [1.82, 2.24) is 25.4 Å². The molecule has 6 nitrogen and oxygen atoms in total. The van der Waals surface area contributed by atoms with Crippen molar-refractivity contribution in [3.8, 4) is 0 Å². The van der Waals surface area contributed by atoms with Gasteiger partial charge in [-0.05, 0) is 31.2 Å². The SMILES string of the molecule is CCNC(=NCc1cccs1)NCCc1nnc2n1CCCCC2.I. The van der Waals surface area contributed by atoms with E-state index in [1.54, 1.807) is 11.3 Å². The summed E-state index contributed by atoms with van der Waals surface area (Å²) in [5.74, 6) is 3.11. The van der Waals surface area contributed by atoms with Gasteiger partial charge in [0, 0.05) is 37.4 Å². The van der Waals surface area contributed by atoms with Crippen LogP contribution in [0.15, 0.2) is 22.5 Å². The molecule has 3 rings (SSSR count). The fourth-order valence-corrected chi connectivity index (χ4v) is 3.55. The van der Waals surface area contributed by atoms with Crippen molar-refractivity contribution in [2.45, 2.75) is 52.1 Å². The molecule has 8 heteroatoms. The number of aryl methyl sites for hydroxylation is 1. The predicted octanol–water partition coefficient (Wildman–Crippen LogP) is 2.98. The summed E-state index contributed by atoms with van der Waals surface area (Å²) in [5.41, 5.74) is 0. The third kappa shape index (κ3) is 5.95. The van der Waals surface area contributed by atoms with Gasteiger partial charge in [0.25, 0.3) is 0 Å². The minimum atomic E-state index is 0. The van der Waals surface area contributed by atoms with Crippen LogP contribution in [0, 0.1) is 0 Å². The number of halogens is 1. The van der Waals surface area contributed by atoms with Gasteiger partial charge in [-0.3, -0.25) is 0 Å². The Morgan fingerprint density at radius 1 is 1.28 bits per heavy atom. The summed E-state index contributed by atoms with van der Waals surface area (Å²) in [6.45, 7) is 5.53. The second-order valence-electron chi connectivity index (χ2n) is 5.95. The standard InChI is InChI=1S/C17H26N6S.HI/c1-2-18-17(20-13-14-7-6-12-24-14)19-10-9-16-22-21-15-8-4-3-5-11-23(15)16;/h6-7,12H,2-5,8-11,13H2,1H3,(H2,18,19,20);1H. The molecule has 0 bridgehead atoms. The van der Waals surface area contributed by atoms with Crippen LogP contribution in [-0.4, -0.2) is 33.8 Å². The van der Waals surface area contributed by atoms with Crippen molar-refractivity contribution < 1.29 is 0 Å². The molecule has 0 saturated heterocycles. The highest BCUT2D eigenvalue weighted by Crippen LogP contribution is 2.14. The van der Waals surface area contributed by atoms with Gasteiger partial charge in [0.2, 0.25) is 0 Å². The first-order valence-electron chi connectivity index (χ1n) is 8.82. The van der Waals surface area contributed by atoms with E-state index in [-0.39, 0.29) is 24.0 Å². The maximum Gasteiger partial charge on any atom is 0.191 e. The van der Waals surface area contributed by atoms with E-state index >= 15 is 0 Å². The molecular weight excluding hydrogens is 447 g/mol. The number of rotatable bonds is 6. The molecular formula is C17H27IN6S. The minimum absolute atomic E-state index is 0. The number of nitrogens with zero attached hydrogens (tertiary/aromatic N) is 4. The lowest BCUT2D eigenvalue weighted by Gasteiger charge is -2.11. The van der Waals surface area contributed by atoms with Crippen LogP contribution in [0.4, 0.5) is 0 Å². The lowest BCUT2D eigenvalue weighted by atomic mass is 10.2. The van der Waals surface area contributed by atoms with Crippen LogP contribution in [0.5, 0.6) is 0 Å². The van der Waals surface area contributed by atoms with Crippen LogP contribution in [0.25, 0.3) is 0 Å². The fourth-order valence-electron chi connectivity index (χ4n) is 2.92. The first kappa shape index (κ1) is 20.2. The highest BCUT2D eigenvalue weighted by Gasteiger charge is 2.14. The zero-order valence-electron chi connectivity index (χ0n) is 14.7. The molecule has 2 N–H and O–H groups in total. The molecule has 1 aliphatic rings. The van der Waals surface area contributed by atoms with Gasteiger partial charge < -0.3 is 15.2 Å². The Morgan fingerprint density at radius 2 is 2.20 bits per heavy atom. The van der Waals surface area contributed by atoms with Crippen LogP contribution in [0.3, 0.4) is 0 Å². The number of aromatic nitrogens is 3. The Labute approximate surface area is 170 Å². The van der Waals surface area contributed by atoms with Gasteiger partial charge in [0.1, 0.15) is 11.6 Å². The quantitative estimate of drug-likeness (QED) is 0.384. The first-order chi connectivity index (χ1) is 11.9. The van der Waals surface area contributed by atoms with Crippen molar-refractivity contribution in [3.63, 3.8) is 0 Å². The molecule has 0 spiro atoms. The Balaban J connectivity index is 0.00000225. The molecule has 0 radical (unpaired) electrons. The van der Waals surface area contributed by atoms with Gasteiger partial charge >= 0.3 is 0 Å². The van der Waals surface area contributed by atoms with Gasteiger partial charge in [0.15, 0.2) is 5.96 Å². The summed E-state index contributed by atoms with van der Waals surface area (Å²) >= 11 is 1.74. The topological polar surface area (TPSA) is 67.1 Å². The number of hydrogen-bond donors (Lipinski definition) is 2. The molecule has 0 unspecified atom stereocenters. The van der Waals surface area contributed by atoms with E-state index in [0.717, 1.165) is 50.1 Å². The first-order valence-corrected chi connectivity index (χ1v) is 9.70. The number of thiophene rings is 1. The molecule has 0 aliphatic carbocycles. The largest absolute Gasteiger partial charge is 0.357 e. The molecule has 2 aromatic rings. The lowest BCUT2D eigenvalue weighted by molar-refractivity contribution is 0.600. The van der Waals surface area contributed by atoms with Crippen molar-refractivity contribution in [2.24, 2.45) is 4.99 Å². The van der Waals surface area contributed by atoms with Crippen LogP contribution >= 0.6 is 35.3 Å². The van der Waals surface area contributed by atoms with Gasteiger partial charge in [-0.1, -0.05) is 12.5 Å². The predicted molar refractivity (Wildman–Crippen MR) is 114 cm³/mol. The Morgan fingerprint density at radius 3 is 3.00 bits per heavy atom. The van der Waals surface area contributed by atoms with Gasteiger partial charge in [-0.2, -0.15) is 0 Å². The average Bonchev–Trinajstić information content (AvgIpc) is 3.18. The minimum Gasteiger partial charge on any atom is -0.357 e. The van der Waals surface area contributed by atoms with Crippen LogP contribution in [0.1, 0.15) is 42.7 Å². The summed E-state index contributed by atoms with van der Waals surface area (Å²) in [6, 6.07) is 4.18.